The molecule has 1 saturated carbocycles. The Bertz CT molecular complexity index is 1060. The SMILES string of the molecule is COc1ccc2c(c1)c1c(c3nc(OC)c(OC)cc32)CC2CCCCC2C1. The quantitative estimate of drug-likeness (QED) is 0.579. The summed E-state index contributed by atoms with van der Waals surface area (Å²) in [6.07, 6.45) is 7.69. The van der Waals surface area contributed by atoms with Gasteiger partial charge in [0.2, 0.25) is 0 Å². The highest BCUT2D eigenvalue weighted by Gasteiger charge is 2.33. The van der Waals surface area contributed by atoms with Crippen molar-refractivity contribution in [2.45, 2.75) is 38.5 Å². The Morgan fingerprint density at radius 1 is 0.786 bits per heavy atom. The molecule has 28 heavy (non-hydrogen) atoms. The number of aromatic nitrogens is 1. The minimum atomic E-state index is 0.566. The standard InChI is InChI=1S/C24H27NO3/c1-26-16-8-9-17-19(12-16)18-10-14-6-4-5-7-15(14)11-20(18)23-21(17)13-22(27-2)24(25-23)28-3/h8-9,12-15H,4-7,10-11H2,1-3H3. The fraction of sp³-hybridized carbons (Fsp3) is 0.458. The van der Waals surface area contributed by atoms with Gasteiger partial charge in [-0.05, 0) is 77.6 Å². The van der Waals surface area contributed by atoms with Crippen molar-refractivity contribution in [1.29, 1.82) is 0 Å². The zero-order valence-corrected chi connectivity index (χ0v) is 16.9. The van der Waals surface area contributed by atoms with Crippen LogP contribution in [0.15, 0.2) is 24.3 Å². The summed E-state index contributed by atoms with van der Waals surface area (Å²) in [7, 11) is 5.06. The molecule has 4 heteroatoms. The monoisotopic (exact) mass is 377 g/mol. The highest BCUT2D eigenvalue weighted by molar-refractivity contribution is 6.10. The normalized spacial score (nSPS) is 21.2. The minimum absolute atomic E-state index is 0.566. The summed E-state index contributed by atoms with van der Waals surface area (Å²) in [5, 5.41) is 3.67. The molecular weight excluding hydrogens is 350 g/mol. The van der Waals surface area contributed by atoms with Gasteiger partial charge < -0.3 is 14.2 Å². The van der Waals surface area contributed by atoms with Crippen molar-refractivity contribution >= 4 is 21.7 Å². The van der Waals surface area contributed by atoms with Gasteiger partial charge >= 0.3 is 0 Å². The van der Waals surface area contributed by atoms with E-state index < -0.39 is 0 Å². The van der Waals surface area contributed by atoms with E-state index in [0.29, 0.717) is 11.6 Å². The highest BCUT2D eigenvalue weighted by atomic mass is 16.5. The molecule has 2 aliphatic rings. The lowest BCUT2D eigenvalue weighted by atomic mass is 9.67. The van der Waals surface area contributed by atoms with Gasteiger partial charge in [-0.3, -0.25) is 0 Å². The largest absolute Gasteiger partial charge is 0.497 e. The molecule has 146 valence electrons. The van der Waals surface area contributed by atoms with E-state index >= 15 is 0 Å². The fourth-order valence-corrected chi connectivity index (χ4v) is 5.45. The molecule has 2 atom stereocenters. The lowest BCUT2D eigenvalue weighted by Crippen LogP contribution is -2.28. The molecule has 3 aromatic rings. The third-order valence-electron chi connectivity index (χ3n) is 6.86. The number of fused-ring (bicyclic) bond motifs is 7. The molecule has 0 spiro atoms. The van der Waals surface area contributed by atoms with Crippen molar-refractivity contribution in [1.82, 2.24) is 4.98 Å². The summed E-state index contributed by atoms with van der Waals surface area (Å²) in [5.74, 6) is 3.73. The Balaban J connectivity index is 1.85. The van der Waals surface area contributed by atoms with Crippen LogP contribution in [-0.2, 0) is 12.8 Å². The Morgan fingerprint density at radius 3 is 2.21 bits per heavy atom. The maximum absolute atomic E-state index is 5.56. The predicted octanol–water partition coefficient (Wildman–Crippen LogP) is 5.32. The molecule has 0 N–H and O–H groups in total. The van der Waals surface area contributed by atoms with Crippen LogP contribution in [-0.4, -0.2) is 26.3 Å². The molecular formula is C24H27NO3. The molecule has 0 saturated heterocycles. The summed E-state index contributed by atoms with van der Waals surface area (Å²) in [6.45, 7) is 0. The average Bonchev–Trinajstić information content (AvgIpc) is 2.76. The number of nitrogens with zero attached hydrogens (tertiary/aromatic N) is 1. The first kappa shape index (κ1) is 17.6. The van der Waals surface area contributed by atoms with Crippen LogP contribution in [0.5, 0.6) is 17.4 Å². The number of pyridine rings is 1. The first-order valence-electron chi connectivity index (χ1n) is 10.3. The number of rotatable bonds is 3. The van der Waals surface area contributed by atoms with E-state index in [2.05, 4.69) is 18.2 Å². The van der Waals surface area contributed by atoms with E-state index in [4.69, 9.17) is 19.2 Å². The Morgan fingerprint density at radius 2 is 1.54 bits per heavy atom. The molecule has 2 aliphatic carbocycles. The van der Waals surface area contributed by atoms with Gasteiger partial charge in [0.05, 0.1) is 26.8 Å². The van der Waals surface area contributed by atoms with Crippen molar-refractivity contribution in [3.8, 4) is 17.4 Å². The zero-order chi connectivity index (χ0) is 19.3. The second-order valence-corrected chi connectivity index (χ2v) is 8.18. The first-order valence-corrected chi connectivity index (χ1v) is 10.3. The molecule has 5 rings (SSSR count). The van der Waals surface area contributed by atoms with Crippen molar-refractivity contribution in [3.63, 3.8) is 0 Å². The van der Waals surface area contributed by atoms with Crippen molar-refractivity contribution in [2.24, 2.45) is 11.8 Å². The van der Waals surface area contributed by atoms with Crippen LogP contribution in [0.1, 0.15) is 36.8 Å². The summed E-state index contributed by atoms with van der Waals surface area (Å²) in [4.78, 5) is 4.93. The molecule has 0 radical (unpaired) electrons. The number of benzene rings is 2. The highest BCUT2D eigenvalue weighted by Crippen LogP contribution is 2.46. The number of hydrogen-bond acceptors (Lipinski definition) is 4. The summed E-state index contributed by atoms with van der Waals surface area (Å²) in [5.41, 5.74) is 3.94. The lowest BCUT2D eigenvalue weighted by Gasteiger charge is -2.37. The van der Waals surface area contributed by atoms with E-state index in [9.17, 15) is 0 Å². The number of ether oxygens (including phenoxy) is 3. The van der Waals surface area contributed by atoms with E-state index in [0.717, 1.165) is 41.3 Å². The van der Waals surface area contributed by atoms with Crippen LogP contribution in [0.25, 0.3) is 21.7 Å². The molecule has 1 aromatic heterocycles. The smallest absolute Gasteiger partial charge is 0.257 e. The van der Waals surface area contributed by atoms with Gasteiger partial charge in [-0.25, -0.2) is 4.98 Å². The van der Waals surface area contributed by atoms with E-state index in [1.165, 1.54) is 47.6 Å². The number of methoxy groups -OCH3 is 3. The van der Waals surface area contributed by atoms with Crippen molar-refractivity contribution in [3.05, 3.63) is 35.4 Å². The van der Waals surface area contributed by atoms with Gasteiger partial charge in [-0.15, -0.1) is 0 Å². The topological polar surface area (TPSA) is 40.6 Å². The van der Waals surface area contributed by atoms with Crippen LogP contribution in [0.2, 0.25) is 0 Å². The van der Waals surface area contributed by atoms with E-state index in [-0.39, 0.29) is 0 Å². The third kappa shape index (κ3) is 2.61. The fourth-order valence-electron chi connectivity index (χ4n) is 5.45. The van der Waals surface area contributed by atoms with Crippen LogP contribution in [0.4, 0.5) is 0 Å². The van der Waals surface area contributed by atoms with Crippen LogP contribution < -0.4 is 14.2 Å². The molecule has 2 unspecified atom stereocenters. The van der Waals surface area contributed by atoms with Gasteiger partial charge in [0.15, 0.2) is 5.75 Å². The summed E-state index contributed by atoms with van der Waals surface area (Å²) in [6, 6.07) is 8.49. The van der Waals surface area contributed by atoms with Gasteiger partial charge in [-0.1, -0.05) is 18.9 Å². The molecule has 1 fully saturated rings. The maximum atomic E-state index is 5.56. The van der Waals surface area contributed by atoms with E-state index in [1.807, 2.05) is 6.07 Å². The molecule has 0 amide bonds. The molecule has 4 nitrogen and oxygen atoms in total. The van der Waals surface area contributed by atoms with Crippen LogP contribution in [0, 0.1) is 11.8 Å². The van der Waals surface area contributed by atoms with E-state index in [1.54, 1.807) is 21.3 Å². The zero-order valence-electron chi connectivity index (χ0n) is 16.9. The summed E-state index contributed by atoms with van der Waals surface area (Å²) >= 11 is 0. The van der Waals surface area contributed by atoms with Crippen LogP contribution >= 0.6 is 0 Å². The van der Waals surface area contributed by atoms with Crippen LogP contribution in [0.3, 0.4) is 0 Å². The van der Waals surface area contributed by atoms with Gasteiger partial charge in [0, 0.05) is 5.39 Å². The molecule has 1 heterocycles. The van der Waals surface area contributed by atoms with Gasteiger partial charge in [0.1, 0.15) is 5.75 Å². The minimum Gasteiger partial charge on any atom is -0.497 e. The average molecular weight is 377 g/mol. The van der Waals surface area contributed by atoms with Gasteiger partial charge in [-0.2, -0.15) is 0 Å². The second kappa shape index (κ2) is 6.84. The summed E-state index contributed by atoms with van der Waals surface area (Å²) < 4.78 is 16.6. The molecule has 0 aliphatic heterocycles. The second-order valence-electron chi connectivity index (χ2n) is 8.18. The predicted molar refractivity (Wildman–Crippen MR) is 112 cm³/mol. The molecule has 2 aromatic carbocycles. The van der Waals surface area contributed by atoms with Gasteiger partial charge in [0.25, 0.3) is 5.88 Å². The Hall–Kier alpha value is -2.49. The van der Waals surface area contributed by atoms with Crippen molar-refractivity contribution in [2.75, 3.05) is 21.3 Å². The lowest BCUT2D eigenvalue weighted by molar-refractivity contribution is 0.222. The third-order valence-corrected chi connectivity index (χ3v) is 6.86. The maximum Gasteiger partial charge on any atom is 0.257 e. The Kier molecular flexibility index (Phi) is 4.30. The van der Waals surface area contributed by atoms with Crippen molar-refractivity contribution < 1.29 is 14.2 Å². The first-order chi connectivity index (χ1) is 13.7. The Labute approximate surface area is 165 Å². The molecule has 0 bridgehead atoms. The number of hydrogen-bond donors (Lipinski definition) is 0.